The fourth-order valence-electron chi connectivity index (χ4n) is 4.43. The third kappa shape index (κ3) is 4.65. The van der Waals surface area contributed by atoms with Crippen LogP contribution in [0.5, 0.6) is 0 Å². The van der Waals surface area contributed by atoms with Gasteiger partial charge in [-0.3, -0.25) is 14.2 Å². The van der Waals surface area contributed by atoms with Crippen LogP contribution in [0.15, 0.2) is 40.8 Å². The summed E-state index contributed by atoms with van der Waals surface area (Å²) in [4.78, 5) is 30.8. The van der Waals surface area contributed by atoms with Gasteiger partial charge in [0.2, 0.25) is 5.91 Å². The minimum absolute atomic E-state index is 0.0910. The van der Waals surface area contributed by atoms with E-state index in [4.69, 9.17) is 0 Å². The van der Waals surface area contributed by atoms with Crippen LogP contribution >= 0.6 is 11.3 Å². The molecule has 0 spiro atoms. The van der Waals surface area contributed by atoms with E-state index in [1.54, 1.807) is 6.33 Å². The molecule has 9 heteroatoms. The predicted octanol–water partition coefficient (Wildman–Crippen LogP) is 3.50. The maximum Gasteiger partial charge on any atom is 0.262 e. The Balaban J connectivity index is 1.21. The van der Waals surface area contributed by atoms with Crippen LogP contribution in [-0.4, -0.2) is 36.8 Å². The van der Waals surface area contributed by atoms with Gasteiger partial charge in [0.25, 0.3) is 5.56 Å². The summed E-state index contributed by atoms with van der Waals surface area (Å²) in [6.07, 6.45) is 6.91. The lowest BCUT2D eigenvalue weighted by molar-refractivity contribution is -0.121. The van der Waals surface area contributed by atoms with E-state index in [2.05, 4.69) is 25.1 Å². The number of amides is 1. The Morgan fingerprint density at radius 3 is 2.85 bits per heavy atom. The van der Waals surface area contributed by atoms with Crippen LogP contribution in [0.25, 0.3) is 21.3 Å². The third-order valence-corrected chi connectivity index (χ3v) is 7.25. The van der Waals surface area contributed by atoms with Gasteiger partial charge < -0.3 is 9.88 Å². The molecule has 1 N–H and O–H groups in total. The molecule has 5 rings (SSSR count). The van der Waals surface area contributed by atoms with Crippen molar-refractivity contribution in [3.63, 3.8) is 0 Å². The minimum atomic E-state index is -0.110. The lowest BCUT2D eigenvalue weighted by Crippen LogP contribution is -2.29. The van der Waals surface area contributed by atoms with E-state index in [0.717, 1.165) is 48.6 Å². The molecule has 4 aromatic rings. The van der Waals surface area contributed by atoms with Gasteiger partial charge >= 0.3 is 0 Å². The smallest absolute Gasteiger partial charge is 0.262 e. The first kappa shape index (κ1) is 22.5. The number of fused-ring (bicyclic) bond motifs is 2. The summed E-state index contributed by atoms with van der Waals surface area (Å²) >= 11 is 1.46. The van der Waals surface area contributed by atoms with Crippen molar-refractivity contribution in [3.05, 3.63) is 63.5 Å². The molecule has 3 aromatic heterocycles. The van der Waals surface area contributed by atoms with E-state index in [-0.39, 0.29) is 24.4 Å². The number of carbonyl (C=O) groups is 1. The van der Waals surface area contributed by atoms with Crippen molar-refractivity contribution in [2.75, 3.05) is 6.54 Å². The number of thiophene rings is 1. The van der Waals surface area contributed by atoms with Gasteiger partial charge in [-0.15, -0.1) is 21.5 Å². The largest absolute Gasteiger partial charge is 0.356 e. The van der Waals surface area contributed by atoms with Gasteiger partial charge in [0.1, 0.15) is 16.5 Å². The number of hydrogen-bond acceptors (Lipinski definition) is 6. The van der Waals surface area contributed by atoms with Crippen molar-refractivity contribution in [2.45, 2.75) is 58.5 Å². The second-order valence-corrected chi connectivity index (χ2v) is 9.64. The first-order valence-electron chi connectivity index (χ1n) is 11.8. The van der Waals surface area contributed by atoms with Crippen LogP contribution in [0.4, 0.5) is 0 Å². The van der Waals surface area contributed by atoms with Crippen molar-refractivity contribution in [3.8, 4) is 11.1 Å². The number of aromatic nitrogens is 5. The van der Waals surface area contributed by atoms with Crippen LogP contribution < -0.4 is 10.9 Å². The molecule has 4 heterocycles. The van der Waals surface area contributed by atoms with Gasteiger partial charge in [-0.1, -0.05) is 36.2 Å². The lowest BCUT2D eigenvalue weighted by atomic mass is 10.1. The molecule has 1 amide bonds. The highest BCUT2D eigenvalue weighted by Gasteiger charge is 2.16. The van der Waals surface area contributed by atoms with Gasteiger partial charge in [0.05, 0.1) is 11.7 Å². The molecule has 1 aliphatic rings. The standard InChI is InChI=1S/C25H28N6O2S/c1-17-6-8-18(9-7-17)19-15-34-24-23(19)25(33)30(16-27-24)14-11-22(32)26-12-10-21-29-28-20-5-3-2-4-13-31(20)21/h6-9,15-16H,2-5,10-14H2,1H3,(H,26,32). The van der Waals surface area contributed by atoms with Crippen molar-refractivity contribution in [2.24, 2.45) is 0 Å². The van der Waals surface area contributed by atoms with Gasteiger partial charge in [-0.2, -0.15) is 0 Å². The zero-order valence-electron chi connectivity index (χ0n) is 19.3. The monoisotopic (exact) mass is 476 g/mol. The van der Waals surface area contributed by atoms with Crippen molar-refractivity contribution < 1.29 is 4.79 Å². The Morgan fingerprint density at radius 2 is 2.00 bits per heavy atom. The number of carbonyl (C=O) groups excluding carboxylic acids is 1. The normalized spacial score (nSPS) is 13.6. The molecule has 0 fully saturated rings. The summed E-state index contributed by atoms with van der Waals surface area (Å²) in [6, 6.07) is 8.12. The van der Waals surface area contributed by atoms with Crippen molar-refractivity contribution >= 4 is 27.5 Å². The summed E-state index contributed by atoms with van der Waals surface area (Å²) < 4.78 is 3.73. The maximum atomic E-state index is 13.2. The summed E-state index contributed by atoms with van der Waals surface area (Å²) in [5, 5.41) is 14.2. The van der Waals surface area contributed by atoms with Crippen molar-refractivity contribution in [1.29, 1.82) is 0 Å². The van der Waals surface area contributed by atoms with Crippen molar-refractivity contribution in [1.82, 2.24) is 29.6 Å². The van der Waals surface area contributed by atoms with Gasteiger partial charge in [0, 0.05) is 49.8 Å². The predicted molar refractivity (Wildman–Crippen MR) is 133 cm³/mol. The van der Waals surface area contributed by atoms with E-state index < -0.39 is 0 Å². The topological polar surface area (TPSA) is 94.7 Å². The average molecular weight is 477 g/mol. The Kier molecular flexibility index (Phi) is 6.53. The van der Waals surface area contributed by atoms with E-state index in [0.29, 0.717) is 23.2 Å². The second kappa shape index (κ2) is 9.89. The zero-order valence-corrected chi connectivity index (χ0v) is 20.1. The second-order valence-electron chi connectivity index (χ2n) is 8.78. The molecular formula is C25H28N6O2S. The first-order valence-corrected chi connectivity index (χ1v) is 12.7. The van der Waals surface area contributed by atoms with E-state index >= 15 is 0 Å². The molecule has 34 heavy (non-hydrogen) atoms. The van der Waals surface area contributed by atoms with E-state index in [1.807, 2.05) is 36.6 Å². The van der Waals surface area contributed by atoms with Crippen LogP contribution in [0.1, 0.15) is 42.9 Å². The fraction of sp³-hybridized carbons (Fsp3) is 0.400. The Bertz CT molecular complexity index is 1370. The number of benzene rings is 1. The molecule has 0 aliphatic carbocycles. The molecular weight excluding hydrogens is 448 g/mol. The molecule has 176 valence electrons. The Labute approximate surface area is 201 Å². The van der Waals surface area contributed by atoms with Gasteiger partial charge in [-0.05, 0) is 25.3 Å². The molecule has 0 radical (unpaired) electrons. The number of hydrogen-bond donors (Lipinski definition) is 1. The van der Waals surface area contributed by atoms with Crippen LogP contribution in [0, 0.1) is 6.92 Å². The highest BCUT2D eigenvalue weighted by atomic mass is 32.1. The maximum absolute atomic E-state index is 13.2. The average Bonchev–Trinajstić information content (AvgIpc) is 3.36. The highest BCUT2D eigenvalue weighted by Crippen LogP contribution is 2.30. The molecule has 0 atom stereocenters. The Morgan fingerprint density at radius 1 is 1.15 bits per heavy atom. The number of aryl methyl sites for hydroxylation is 3. The molecule has 0 unspecified atom stereocenters. The van der Waals surface area contributed by atoms with Crippen LogP contribution in [0.3, 0.4) is 0 Å². The first-order chi connectivity index (χ1) is 16.6. The fourth-order valence-corrected chi connectivity index (χ4v) is 5.33. The van der Waals surface area contributed by atoms with Gasteiger partial charge in [0.15, 0.2) is 0 Å². The Hall–Kier alpha value is -3.33. The summed E-state index contributed by atoms with van der Waals surface area (Å²) in [5.41, 5.74) is 2.95. The molecule has 8 nitrogen and oxygen atoms in total. The minimum Gasteiger partial charge on any atom is -0.356 e. The molecule has 1 aromatic carbocycles. The molecule has 0 saturated heterocycles. The van der Waals surface area contributed by atoms with E-state index in [9.17, 15) is 9.59 Å². The lowest BCUT2D eigenvalue weighted by Gasteiger charge is -2.09. The quantitative estimate of drug-likeness (QED) is 0.441. The van der Waals surface area contributed by atoms with Crippen LogP contribution in [-0.2, 0) is 30.7 Å². The van der Waals surface area contributed by atoms with E-state index in [1.165, 1.54) is 27.9 Å². The van der Waals surface area contributed by atoms with Gasteiger partial charge in [-0.25, -0.2) is 4.98 Å². The number of rotatable bonds is 7. The summed E-state index contributed by atoms with van der Waals surface area (Å²) in [6.45, 7) is 3.79. The molecule has 0 saturated carbocycles. The SMILES string of the molecule is Cc1ccc(-c2csc3ncn(CCC(=O)NCCc4nnc5n4CCCCC5)c(=O)c23)cc1. The summed E-state index contributed by atoms with van der Waals surface area (Å²) in [7, 11) is 0. The number of nitrogens with one attached hydrogen (secondary N) is 1. The molecule has 0 bridgehead atoms. The third-order valence-electron chi connectivity index (χ3n) is 6.36. The molecule has 1 aliphatic heterocycles. The van der Waals surface area contributed by atoms with Crippen LogP contribution in [0.2, 0.25) is 0 Å². The summed E-state index contributed by atoms with van der Waals surface area (Å²) in [5.74, 6) is 1.90. The number of nitrogens with zero attached hydrogens (tertiary/aromatic N) is 5. The zero-order chi connectivity index (χ0) is 23.5. The highest BCUT2D eigenvalue weighted by molar-refractivity contribution is 7.17.